The number of pyridine rings is 1. The standard InChI is InChI=1S/C26H25F2N3O3S2/c1-14(2)10-21-22(16-7-8-19(15(3)11-16)34-26(4,27)28)30-25(36-21)31-23-18(24(32)33)12-17(13-29-23)20-6-5-9-35-20/h5-9,11-14H,10H2,1-4H3,(H,32,33)(H,29,30,31). The van der Waals surface area contributed by atoms with E-state index in [1.165, 1.54) is 28.7 Å². The van der Waals surface area contributed by atoms with Crippen molar-refractivity contribution in [2.45, 2.75) is 40.2 Å². The van der Waals surface area contributed by atoms with Gasteiger partial charge in [0, 0.05) is 34.0 Å². The molecule has 4 aromatic rings. The van der Waals surface area contributed by atoms with Crippen LogP contribution in [0.4, 0.5) is 19.7 Å². The largest absolute Gasteiger partial charge is 0.478 e. The summed E-state index contributed by atoms with van der Waals surface area (Å²) in [4.78, 5) is 23.0. The quantitative estimate of drug-likeness (QED) is 0.229. The first-order valence-corrected chi connectivity index (χ1v) is 12.9. The van der Waals surface area contributed by atoms with Crippen molar-refractivity contribution < 1.29 is 23.4 Å². The van der Waals surface area contributed by atoms with E-state index in [1.807, 2.05) is 17.5 Å². The van der Waals surface area contributed by atoms with E-state index in [4.69, 9.17) is 9.72 Å². The monoisotopic (exact) mass is 529 g/mol. The van der Waals surface area contributed by atoms with Crippen LogP contribution in [0.2, 0.25) is 0 Å². The maximum atomic E-state index is 13.3. The lowest BCUT2D eigenvalue weighted by Crippen LogP contribution is -2.19. The number of carboxylic acid groups (broad SMARTS) is 1. The fourth-order valence-corrected chi connectivity index (χ4v) is 5.55. The maximum absolute atomic E-state index is 13.3. The predicted molar refractivity (Wildman–Crippen MR) is 140 cm³/mol. The molecule has 3 aromatic heterocycles. The third-order valence-electron chi connectivity index (χ3n) is 5.18. The Morgan fingerprint density at radius 2 is 2.00 bits per heavy atom. The first kappa shape index (κ1) is 25.7. The number of ether oxygens (including phenoxy) is 1. The summed E-state index contributed by atoms with van der Waals surface area (Å²) < 4.78 is 31.4. The van der Waals surface area contributed by atoms with Crippen molar-refractivity contribution in [3.63, 3.8) is 0 Å². The van der Waals surface area contributed by atoms with E-state index < -0.39 is 12.1 Å². The second-order valence-corrected chi connectivity index (χ2v) is 10.8. The van der Waals surface area contributed by atoms with Gasteiger partial charge in [-0.2, -0.15) is 8.78 Å². The number of carboxylic acids is 1. The van der Waals surface area contributed by atoms with E-state index in [2.05, 4.69) is 24.1 Å². The van der Waals surface area contributed by atoms with Gasteiger partial charge in [-0.15, -0.1) is 22.7 Å². The number of nitrogens with one attached hydrogen (secondary N) is 1. The fourth-order valence-electron chi connectivity index (χ4n) is 3.65. The van der Waals surface area contributed by atoms with Gasteiger partial charge in [0.1, 0.15) is 17.1 Å². The molecule has 0 aliphatic carbocycles. The Morgan fingerprint density at radius 3 is 2.61 bits per heavy atom. The molecule has 0 radical (unpaired) electrons. The van der Waals surface area contributed by atoms with Crippen LogP contribution in [0.3, 0.4) is 0 Å². The molecule has 0 saturated heterocycles. The molecule has 3 heterocycles. The van der Waals surface area contributed by atoms with E-state index in [0.717, 1.165) is 27.3 Å². The van der Waals surface area contributed by atoms with Gasteiger partial charge in [0.15, 0.2) is 5.13 Å². The topological polar surface area (TPSA) is 84.3 Å². The highest BCUT2D eigenvalue weighted by Gasteiger charge is 2.25. The Labute approximate surface area is 215 Å². The van der Waals surface area contributed by atoms with Gasteiger partial charge in [0.05, 0.1) is 5.69 Å². The Kier molecular flexibility index (Phi) is 7.37. The number of carbonyl (C=O) groups is 1. The van der Waals surface area contributed by atoms with Gasteiger partial charge in [-0.05, 0) is 60.5 Å². The molecular formula is C26H25F2N3O3S2. The van der Waals surface area contributed by atoms with Gasteiger partial charge >= 0.3 is 12.1 Å². The summed E-state index contributed by atoms with van der Waals surface area (Å²) in [6.45, 7) is 6.59. The number of hydrogen-bond acceptors (Lipinski definition) is 7. The second-order valence-electron chi connectivity index (χ2n) is 8.81. The average molecular weight is 530 g/mol. The highest BCUT2D eigenvalue weighted by atomic mass is 32.1. The first-order valence-electron chi connectivity index (χ1n) is 11.2. The van der Waals surface area contributed by atoms with E-state index >= 15 is 0 Å². The van der Waals surface area contributed by atoms with Crippen LogP contribution in [0.25, 0.3) is 21.7 Å². The Morgan fingerprint density at radius 1 is 1.22 bits per heavy atom. The summed E-state index contributed by atoms with van der Waals surface area (Å²) in [7, 11) is 0. The molecule has 0 fully saturated rings. The highest BCUT2D eigenvalue weighted by molar-refractivity contribution is 7.16. The number of nitrogens with zero attached hydrogens (tertiary/aromatic N) is 2. The van der Waals surface area contributed by atoms with Crippen molar-refractivity contribution in [2.75, 3.05) is 5.32 Å². The smallest absolute Gasteiger partial charge is 0.394 e. The number of anilines is 2. The molecule has 0 amide bonds. The third kappa shape index (κ3) is 6.06. The first-order chi connectivity index (χ1) is 17.0. The van der Waals surface area contributed by atoms with E-state index in [0.29, 0.717) is 29.2 Å². The highest BCUT2D eigenvalue weighted by Crippen LogP contribution is 2.37. The minimum Gasteiger partial charge on any atom is -0.478 e. The number of rotatable bonds is 9. The fraction of sp³-hybridized carbons (Fsp3) is 0.269. The number of thiazole rings is 1. The van der Waals surface area contributed by atoms with Gasteiger partial charge < -0.3 is 15.2 Å². The zero-order valence-electron chi connectivity index (χ0n) is 20.1. The summed E-state index contributed by atoms with van der Waals surface area (Å²) in [6.07, 6.45) is -0.897. The van der Waals surface area contributed by atoms with Crippen LogP contribution < -0.4 is 10.1 Å². The molecule has 0 unspecified atom stereocenters. The van der Waals surface area contributed by atoms with Gasteiger partial charge in [0.25, 0.3) is 0 Å². The molecule has 10 heteroatoms. The van der Waals surface area contributed by atoms with Crippen LogP contribution in [0.15, 0.2) is 48.0 Å². The molecule has 188 valence electrons. The molecule has 0 aliphatic rings. The zero-order valence-corrected chi connectivity index (χ0v) is 21.8. The van der Waals surface area contributed by atoms with Crippen LogP contribution >= 0.6 is 22.7 Å². The van der Waals surface area contributed by atoms with Crippen molar-refractivity contribution in [3.05, 3.63) is 64.0 Å². The molecule has 0 aliphatic heterocycles. The number of halogens is 2. The number of aromatic carboxylic acids is 1. The van der Waals surface area contributed by atoms with Gasteiger partial charge in [-0.1, -0.05) is 19.9 Å². The van der Waals surface area contributed by atoms with Gasteiger partial charge in [0.2, 0.25) is 0 Å². The van der Waals surface area contributed by atoms with Crippen molar-refractivity contribution in [2.24, 2.45) is 5.92 Å². The number of aryl methyl sites for hydroxylation is 1. The Bertz CT molecular complexity index is 1380. The molecule has 0 saturated carbocycles. The summed E-state index contributed by atoms with van der Waals surface area (Å²) in [5.74, 6) is -0.450. The van der Waals surface area contributed by atoms with Crippen LogP contribution in [0.5, 0.6) is 5.75 Å². The van der Waals surface area contributed by atoms with Crippen LogP contribution in [-0.2, 0) is 6.42 Å². The molecule has 1 aromatic carbocycles. The van der Waals surface area contributed by atoms with E-state index in [1.54, 1.807) is 31.3 Å². The maximum Gasteiger partial charge on any atom is 0.394 e. The SMILES string of the molecule is Cc1cc(-c2nc(Nc3ncc(-c4cccs4)cc3C(=O)O)sc2CC(C)C)ccc1OC(C)(F)F. The lowest BCUT2D eigenvalue weighted by molar-refractivity contribution is -0.159. The second kappa shape index (κ2) is 10.3. The number of aromatic nitrogens is 2. The van der Waals surface area contributed by atoms with Crippen LogP contribution in [-0.4, -0.2) is 27.2 Å². The Hall–Kier alpha value is -3.37. The third-order valence-corrected chi connectivity index (χ3v) is 7.09. The van der Waals surface area contributed by atoms with Gasteiger partial charge in [-0.25, -0.2) is 14.8 Å². The number of thiophene rings is 1. The average Bonchev–Trinajstić information content (AvgIpc) is 3.44. The van der Waals surface area contributed by atoms with Crippen LogP contribution in [0, 0.1) is 12.8 Å². The summed E-state index contributed by atoms with van der Waals surface area (Å²) in [5, 5.41) is 15.3. The number of alkyl halides is 2. The Balaban J connectivity index is 1.69. The zero-order chi connectivity index (χ0) is 26.0. The molecule has 0 bridgehead atoms. The minimum atomic E-state index is -3.28. The molecular weight excluding hydrogens is 504 g/mol. The summed E-state index contributed by atoms with van der Waals surface area (Å²) in [5.41, 5.74) is 2.80. The molecule has 0 spiro atoms. The molecule has 4 rings (SSSR count). The van der Waals surface area contributed by atoms with Crippen molar-refractivity contribution in [1.82, 2.24) is 9.97 Å². The molecule has 6 nitrogen and oxygen atoms in total. The van der Waals surface area contributed by atoms with Gasteiger partial charge in [-0.3, -0.25) is 0 Å². The lowest BCUT2D eigenvalue weighted by atomic mass is 10.0. The molecule has 0 atom stereocenters. The molecule has 2 N–H and O–H groups in total. The minimum absolute atomic E-state index is 0.0425. The normalized spacial score (nSPS) is 11.6. The van der Waals surface area contributed by atoms with E-state index in [-0.39, 0.29) is 17.1 Å². The number of hydrogen-bond donors (Lipinski definition) is 2. The summed E-state index contributed by atoms with van der Waals surface area (Å²) in [6, 6.07) is 10.4. The molecule has 36 heavy (non-hydrogen) atoms. The predicted octanol–water partition coefficient (Wildman–Crippen LogP) is 7.87. The van der Waals surface area contributed by atoms with Crippen molar-refractivity contribution in [1.29, 1.82) is 0 Å². The van der Waals surface area contributed by atoms with Crippen molar-refractivity contribution in [3.8, 4) is 27.4 Å². The lowest BCUT2D eigenvalue weighted by Gasteiger charge is -2.15. The van der Waals surface area contributed by atoms with Crippen LogP contribution in [0.1, 0.15) is 41.6 Å². The summed E-state index contributed by atoms with van der Waals surface area (Å²) >= 11 is 2.92. The van der Waals surface area contributed by atoms with Crippen molar-refractivity contribution >= 4 is 39.6 Å². The number of benzene rings is 1. The van der Waals surface area contributed by atoms with E-state index in [9.17, 15) is 18.7 Å².